The molecule has 156 valence electrons. The van der Waals surface area contributed by atoms with Gasteiger partial charge in [-0.2, -0.15) is 0 Å². The van der Waals surface area contributed by atoms with Crippen molar-refractivity contribution in [2.45, 2.75) is 38.3 Å². The Balaban J connectivity index is 1.59. The summed E-state index contributed by atoms with van der Waals surface area (Å²) in [6, 6.07) is 14.2. The summed E-state index contributed by atoms with van der Waals surface area (Å²) in [7, 11) is 1.57. The minimum atomic E-state index is -1.18. The molecule has 2 aromatic carbocycles. The maximum absolute atomic E-state index is 13.3. The highest BCUT2D eigenvalue weighted by atomic mass is 16.5. The highest BCUT2D eigenvalue weighted by Crippen LogP contribution is 2.35. The lowest BCUT2D eigenvalue weighted by atomic mass is 9.87. The van der Waals surface area contributed by atoms with E-state index < -0.39 is 17.5 Å². The number of ether oxygens (including phenoxy) is 1. The van der Waals surface area contributed by atoms with Gasteiger partial charge < -0.3 is 15.0 Å². The predicted octanol–water partition coefficient (Wildman–Crippen LogP) is 2.83. The predicted molar refractivity (Wildman–Crippen MR) is 112 cm³/mol. The molecule has 2 aliphatic rings. The zero-order valence-electron chi connectivity index (χ0n) is 17.3. The van der Waals surface area contributed by atoms with Crippen molar-refractivity contribution < 1.29 is 19.1 Å². The lowest BCUT2D eigenvalue weighted by Gasteiger charge is -2.27. The molecule has 0 spiro atoms. The second-order valence-electron chi connectivity index (χ2n) is 7.75. The van der Waals surface area contributed by atoms with Crippen molar-refractivity contribution in [2.75, 3.05) is 18.6 Å². The first-order valence-electron chi connectivity index (χ1n) is 10.1. The molecular weight excluding hydrogens is 382 g/mol. The molecule has 4 amide bonds. The topological polar surface area (TPSA) is 79.0 Å². The van der Waals surface area contributed by atoms with Gasteiger partial charge in [-0.3, -0.25) is 14.5 Å². The third-order valence-electron chi connectivity index (χ3n) is 6.06. The van der Waals surface area contributed by atoms with E-state index in [4.69, 9.17) is 4.74 Å². The zero-order valence-corrected chi connectivity index (χ0v) is 17.3. The average molecular weight is 407 g/mol. The quantitative estimate of drug-likeness (QED) is 0.773. The molecule has 30 heavy (non-hydrogen) atoms. The maximum atomic E-state index is 13.3. The van der Waals surface area contributed by atoms with E-state index in [0.717, 1.165) is 22.6 Å². The number of amides is 4. The molecule has 0 aliphatic carbocycles. The molecule has 7 heteroatoms. The van der Waals surface area contributed by atoms with Gasteiger partial charge in [0.2, 0.25) is 5.91 Å². The van der Waals surface area contributed by atoms with Crippen molar-refractivity contribution in [1.82, 2.24) is 10.2 Å². The van der Waals surface area contributed by atoms with E-state index in [-0.39, 0.29) is 18.5 Å². The number of fused-ring (bicyclic) bond motifs is 1. The summed E-state index contributed by atoms with van der Waals surface area (Å²) in [5.74, 6) is -0.0123. The van der Waals surface area contributed by atoms with Crippen molar-refractivity contribution in [1.29, 1.82) is 0 Å². The minimum absolute atomic E-state index is 0.0202. The van der Waals surface area contributed by atoms with E-state index in [9.17, 15) is 14.4 Å². The first kappa shape index (κ1) is 19.9. The molecule has 0 unspecified atom stereocenters. The van der Waals surface area contributed by atoms with E-state index in [1.165, 1.54) is 0 Å². The Labute approximate surface area is 175 Å². The third-order valence-corrected chi connectivity index (χ3v) is 6.06. The summed E-state index contributed by atoms with van der Waals surface area (Å²) < 4.78 is 5.18. The monoisotopic (exact) mass is 407 g/mol. The van der Waals surface area contributed by atoms with Gasteiger partial charge in [-0.15, -0.1) is 0 Å². The van der Waals surface area contributed by atoms with Crippen LogP contribution < -0.4 is 15.0 Å². The molecule has 7 nitrogen and oxygen atoms in total. The van der Waals surface area contributed by atoms with E-state index >= 15 is 0 Å². The van der Waals surface area contributed by atoms with E-state index in [1.807, 2.05) is 38.1 Å². The van der Waals surface area contributed by atoms with Gasteiger partial charge in [-0.05, 0) is 49.1 Å². The maximum Gasteiger partial charge on any atom is 0.325 e. The van der Waals surface area contributed by atoms with Gasteiger partial charge in [0.15, 0.2) is 0 Å². The molecule has 0 saturated carbocycles. The average Bonchev–Trinajstić information content (AvgIpc) is 3.22. The number of urea groups is 1. The highest BCUT2D eigenvalue weighted by molar-refractivity contribution is 6.11. The van der Waals surface area contributed by atoms with Crippen LogP contribution in [0.15, 0.2) is 48.5 Å². The van der Waals surface area contributed by atoms with Crippen molar-refractivity contribution in [2.24, 2.45) is 0 Å². The molecule has 1 fully saturated rings. The zero-order chi connectivity index (χ0) is 21.5. The second kappa shape index (κ2) is 7.48. The number of hydrogen-bond donors (Lipinski definition) is 1. The van der Waals surface area contributed by atoms with Gasteiger partial charge in [0.1, 0.15) is 17.8 Å². The molecule has 0 radical (unpaired) electrons. The van der Waals surface area contributed by atoms with Crippen LogP contribution in [0, 0.1) is 0 Å². The molecule has 2 heterocycles. The Morgan fingerprint density at radius 3 is 2.53 bits per heavy atom. The van der Waals surface area contributed by atoms with Crippen molar-refractivity contribution in [3.05, 3.63) is 59.7 Å². The molecule has 0 aromatic heterocycles. The number of methoxy groups -OCH3 is 1. The molecule has 2 aromatic rings. The van der Waals surface area contributed by atoms with Crippen molar-refractivity contribution >= 4 is 23.5 Å². The standard InChI is InChI=1S/C23H25N3O4/c1-4-23(17-9-11-18(30-3)12-10-17)21(28)25(22(29)24-23)14-20(27)26-15(2)13-16-7-5-6-8-19(16)26/h5-12,15H,4,13-14H2,1-3H3,(H,24,29)/t15-,23-/m1/s1. The lowest BCUT2D eigenvalue weighted by Crippen LogP contribution is -2.46. The Kier molecular flexibility index (Phi) is 4.97. The molecule has 0 bridgehead atoms. The number of nitrogens with zero attached hydrogens (tertiary/aromatic N) is 2. The Bertz CT molecular complexity index is 1000. The number of hydrogen-bond acceptors (Lipinski definition) is 4. The summed E-state index contributed by atoms with van der Waals surface area (Å²) in [4.78, 5) is 41.9. The van der Waals surface area contributed by atoms with Crippen molar-refractivity contribution in [3.8, 4) is 5.75 Å². The first-order valence-corrected chi connectivity index (χ1v) is 10.1. The van der Waals surface area contributed by atoms with E-state index in [0.29, 0.717) is 17.7 Å². The Hall–Kier alpha value is -3.35. The first-order chi connectivity index (χ1) is 14.4. The van der Waals surface area contributed by atoms with Crippen LogP contribution in [-0.2, 0) is 21.5 Å². The Morgan fingerprint density at radius 2 is 1.87 bits per heavy atom. The number of imide groups is 1. The number of rotatable bonds is 5. The number of para-hydroxylation sites is 1. The smallest absolute Gasteiger partial charge is 0.325 e. The fourth-order valence-corrected chi connectivity index (χ4v) is 4.44. The second-order valence-corrected chi connectivity index (χ2v) is 7.75. The summed E-state index contributed by atoms with van der Waals surface area (Å²) in [5.41, 5.74) is 1.42. The summed E-state index contributed by atoms with van der Waals surface area (Å²) in [5, 5.41) is 2.82. The van der Waals surface area contributed by atoms with Gasteiger partial charge >= 0.3 is 6.03 Å². The largest absolute Gasteiger partial charge is 0.497 e. The van der Waals surface area contributed by atoms with Crippen LogP contribution in [0.1, 0.15) is 31.4 Å². The molecule has 1 N–H and O–H groups in total. The lowest BCUT2D eigenvalue weighted by molar-refractivity contribution is -0.134. The number of nitrogens with one attached hydrogen (secondary N) is 1. The number of benzene rings is 2. The number of anilines is 1. The van der Waals surface area contributed by atoms with Gasteiger partial charge in [-0.1, -0.05) is 37.3 Å². The fourth-order valence-electron chi connectivity index (χ4n) is 4.44. The van der Waals surface area contributed by atoms with E-state index in [2.05, 4.69) is 5.32 Å². The SMILES string of the molecule is CC[C@]1(c2ccc(OC)cc2)NC(=O)N(CC(=O)N2c3ccccc3C[C@H]2C)C1=O. The molecule has 1 saturated heterocycles. The van der Waals surface area contributed by atoms with Gasteiger partial charge in [0, 0.05) is 11.7 Å². The summed E-state index contributed by atoms with van der Waals surface area (Å²) in [6.45, 7) is 3.52. The number of carbonyl (C=O) groups is 3. The highest BCUT2D eigenvalue weighted by Gasteiger charge is 2.52. The summed E-state index contributed by atoms with van der Waals surface area (Å²) >= 11 is 0. The van der Waals surface area contributed by atoms with Gasteiger partial charge in [0.25, 0.3) is 5.91 Å². The normalized spacial score (nSPS) is 22.8. The van der Waals surface area contributed by atoms with E-state index in [1.54, 1.807) is 36.3 Å². The number of carbonyl (C=O) groups excluding carboxylic acids is 3. The van der Waals surface area contributed by atoms with Crippen LogP contribution in [-0.4, -0.2) is 42.4 Å². The van der Waals surface area contributed by atoms with Gasteiger partial charge in [-0.25, -0.2) is 4.79 Å². The van der Waals surface area contributed by atoms with Crippen LogP contribution in [0.3, 0.4) is 0 Å². The molecular formula is C23H25N3O4. The minimum Gasteiger partial charge on any atom is -0.497 e. The van der Waals surface area contributed by atoms with Crippen LogP contribution in [0.4, 0.5) is 10.5 Å². The Morgan fingerprint density at radius 1 is 1.17 bits per heavy atom. The third kappa shape index (κ3) is 3.01. The molecule has 2 aliphatic heterocycles. The van der Waals surface area contributed by atoms with Crippen LogP contribution in [0.2, 0.25) is 0 Å². The fraction of sp³-hybridized carbons (Fsp3) is 0.348. The van der Waals surface area contributed by atoms with Gasteiger partial charge in [0.05, 0.1) is 7.11 Å². The summed E-state index contributed by atoms with van der Waals surface area (Å²) in [6.07, 6.45) is 1.13. The van der Waals surface area contributed by atoms with Crippen LogP contribution in [0.5, 0.6) is 5.75 Å². The molecule has 2 atom stereocenters. The van der Waals surface area contributed by atoms with Crippen LogP contribution in [0.25, 0.3) is 0 Å². The van der Waals surface area contributed by atoms with Crippen LogP contribution >= 0.6 is 0 Å². The van der Waals surface area contributed by atoms with Crippen molar-refractivity contribution in [3.63, 3.8) is 0 Å². The molecule has 4 rings (SSSR count).